The summed E-state index contributed by atoms with van der Waals surface area (Å²) in [6.45, 7) is 0.747. The Morgan fingerprint density at radius 1 is 1.19 bits per heavy atom. The maximum absolute atomic E-state index is 5.89. The summed E-state index contributed by atoms with van der Waals surface area (Å²) in [7, 11) is 1.65. The van der Waals surface area contributed by atoms with Crippen LogP contribution in [0.15, 0.2) is 59.0 Å². The van der Waals surface area contributed by atoms with E-state index < -0.39 is 0 Å². The molecule has 0 saturated heterocycles. The molecule has 1 heterocycles. The highest BCUT2D eigenvalue weighted by Crippen LogP contribution is 2.33. The van der Waals surface area contributed by atoms with Gasteiger partial charge in [0.15, 0.2) is 11.5 Å². The minimum absolute atomic E-state index is 0.692. The van der Waals surface area contributed by atoms with E-state index in [9.17, 15) is 0 Å². The van der Waals surface area contributed by atoms with Crippen molar-refractivity contribution in [3.05, 3.63) is 59.5 Å². The number of anilines is 1. The van der Waals surface area contributed by atoms with Crippen molar-refractivity contribution in [2.45, 2.75) is 12.8 Å². The average Bonchev–Trinajstić information content (AvgIpc) is 3.43. The summed E-state index contributed by atoms with van der Waals surface area (Å²) < 4.78 is 11.3. The number of nitrogens with one attached hydrogen (secondary N) is 1. The van der Waals surface area contributed by atoms with Gasteiger partial charge in [-0.2, -0.15) is 5.10 Å². The van der Waals surface area contributed by atoms with E-state index >= 15 is 0 Å². The fraction of sp³-hybridized carbons (Fsp3) is 0.238. The van der Waals surface area contributed by atoms with Gasteiger partial charge in [0.2, 0.25) is 5.13 Å². The van der Waals surface area contributed by atoms with Crippen LogP contribution in [-0.4, -0.2) is 24.9 Å². The monoisotopic (exact) mass is 379 g/mol. The fourth-order valence-corrected chi connectivity index (χ4v) is 3.28. The quantitative estimate of drug-likeness (QED) is 0.439. The Morgan fingerprint density at radius 3 is 2.81 bits per heavy atom. The van der Waals surface area contributed by atoms with E-state index in [4.69, 9.17) is 9.47 Å². The second-order valence-corrected chi connectivity index (χ2v) is 7.30. The van der Waals surface area contributed by atoms with Crippen molar-refractivity contribution >= 4 is 22.7 Å². The molecule has 27 heavy (non-hydrogen) atoms. The standard InChI is InChI=1S/C21H21N3O2S/c1-25-19-10-9-16(11-20(19)26-13-15-7-8-15)12-22-24-21-23-18(14-27-21)17-5-3-2-4-6-17/h2-6,9-12,14-15H,7-8,13H2,1H3,(H,23,24). The lowest BCUT2D eigenvalue weighted by Gasteiger charge is -2.10. The molecule has 0 atom stereocenters. The van der Waals surface area contributed by atoms with Crippen LogP contribution in [0.3, 0.4) is 0 Å². The number of hydrogen-bond donors (Lipinski definition) is 1. The van der Waals surface area contributed by atoms with Crippen LogP contribution in [0, 0.1) is 5.92 Å². The molecule has 6 heteroatoms. The number of benzene rings is 2. The number of nitrogens with zero attached hydrogens (tertiary/aromatic N) is 2. The zero-order valence-corrected chi connectivity index (χ0v) is 15.9. The fourth-order valence-electron chi connectivity index (χ4n) is 2.61. The second kappa shape index (κ2) is 8.22. The number of aromatic nitrogens is 1. The SMILES string of the molecule is COc1ccc(C=NNc2nc(-c3ccccc3)cs2)cc1OCC1CC1. The summed E-state index contributed by atoms with van der Waals surface area (Å²) in [6.07, 6.45) is 4.27. The molecule has 3 aromatic rings. The first-order valence-corrected chi connectivity index (χ1v) is 9.80. The molecule has 138 valence electrons. The van der Waals surface area contributed by atoms with Crippen LogP contribution < -0.4 is 14.9 Å². The third kappa shape index (κ3) is 4.65. The number of hydrazone groups is 1. The molecule has 1 saturated carbocycles. The lowest BCUT2D eigenvalue weighted by atomic mass is 10.2. The van der Waals surface area contributed by atoms with Crippen LogP contribution in [0.4, 0.5) is 5.13 Å². The predicted molar refractivity (Wildman–Crippen MR) is 110 cm³/mol. The Labute approximate surface area is 162 Å². The minimum atomic E-state index is 0.692. The van der Waals surface area contributed by atoms with Gasteiger partial charge in [0, 0.05) is 10.9 Å². The van der Waals surface area contributed by atoms with Gasteiger partial charge in [-0.05, 0) is 42.5 Å². The average molecular weight is 379 g/mol. The van der Waals surface area contributed by atoms with Gasteiger partial charge in [0.25, 0.3) is 0 Å². The Kier molecular flexibility index (Phi) is 5.34. The zero-order chi connectivity index (χ0) is 18.5. The highest BCUT2D eigenvalue weighted by atomic mass is 32.1. The van der Waals surface area contributed by atoms with Crippen LogP contribution in [0.5, 0.6) is 11.5 Å². The minimum Gasteiger partial charge on any atom is -0.493 e. The Bertz CT molecular complexity index is 920. The number of thiazole rings is 1. The number of methoxy groups -OCH3 is 1. The number of hydrogen-bond acceptors (Lipinski definition) is 6. The molecule has 1 aliphatic rings. The van der Waals surface area contributed by atoms with Crippen LogP contribution >= 0.6 is 11.3 Å². The van der Waals surface area contributed by atoms with Gasteiger partial charge < -0.3 is 9.47 Å². The maximum Gasteiger partial charge on any atom is 0.203 e. The smallest absolute Gasteiger partial charge is 0.203 e. The summed E-state index contributed by atoms with van der Waals surface area (Å²) in [5.41, 5.74) is 5.97. The molecular formula is C21H21N3O2S. The molecule has 1 N–H and O–H groups in total. The van der Waals surface area contributed by atoms with E-state index in [-0.39, 0.29) is 0 Å². The molecule has 0 bridgehead atoms. The second-order valence-electron chi connectivity index (χ2n) is 6.44. The van der Waals surface area contributed by atoms with Gasteiger partial charge in [-0.1, -0.05) is 30.3 Å². The zero-order valence-electron chi connectivity index (χ0n) is 15.1. The lowest BCUT2D eigenvalue weighted by molar-refractivity contribution is 0.280. The van der Waals surface area contributed by atoms with Gasteiger partial charge in [-0.3, -0.25) is 5.43 Å². The van der Waals surface area contributed by atoms with Crippen molar-refractivity contribution in [2.75, 3.05) is 19.1 Å². The lowest BCUT2D eigenvalue weighted by Crippen LogP contribution is -2.01. The molecule has 0 unspecified atom stereocenters. The van der Waals surface area contributed by atoms with Gasteiger partial charge in [-0.25, -0.2) is 4.98 Å². The summed E-state index contributed by atoms with van der Waals surface area (Å²) in [4.78, 5) is 4.56. The first-order valence-electron chi connectivity index (χ1n) is 8.92. The number of rotatable bonds is 8. The Morgan fingerprint density at radius 2 is 2.04 bits per heavy atom. The van der Waals surface area contributed by atoms with Gasteiger partial charge in [0.05, 0.1) is 25.6 Å². The third-order valence-corrected chi connectivity index (χ3v) is 5.05. The molecule has 0 radical (unpaired) electrons. The summed E-state index contributed by atoms with van der Waals surface area (Å²) in [6, 6.07) is 15.9. The summed E-state index contributed by atoms with van der Waals surface area (Å²) in [5.74, 6) is 2.19. The van der Waals surface area contributed by atoms with E-state index in [1.54, 1.807) is 13.3 Å². The molecule has 2 aromatic carbocycles. The highest BCUT2D eigenvalue weighted by molar-refractivity contribution is 7.14. The maximum atomic E-state index is 5.89. The van der Waals surface area contributed by atoms with Crippen molar-refractivity contribution < 1.29 is 9.47 Å². The van der Waals surface area contributed by atoms with Crippen molar-refractivity contribution in [3.8, 4) is 22.8 Å². The molecule has 5 nitrogen and oxygen atoms in total. The Hall–Kier alpha value is -2.86. The summed E-state index contributed by atoms with van der Waals surface area (Å²) in [5, 5.41) is 7.07. The predicted octanol–water partition coefficient (Wildman–Crippen LogP) is 5.05. The molecule has 4 rings (SSSR count). The van der Waals surface area contributed by atoms with E-state index in [1.807, 2.05) is 53.9 Å². The summed E-state index contributed by atoms with van der Waals surface area (Å²) >= 11 is 1.53. The van der Waals surface area contributed by atoms with Crippen molar-refractivity contribution in [1.29, 1.82) is 0 Å². The van der Waals surface area contributed by atoms with Gasteiger partial charge >= 0.3 is 0 Å². The van der Waals surface area contributed by atoms with Crippen LogP contribution in [-0.2, 0) is 0 Å². The molecule has 0 aliphatic heterocycles. The first-order chi connectivity index (χ1) is 13.3. The Balaban J connectivity index is 1.40. The third-order valence-electron chi connectivity index (χ3n) is 4.31. The largest absolute Gasteiger partial charge is 0.493 e. The normalized spacial score (nSPS) is 13.7. The van der Waals surface area contributed by atoms with Gasteiger partial charge in [-0.15, -0.1) is 11.3 Å². The van der Waals surface area contributed by atoms with Crippen molar-refractivity contribution in [3.63, 3.8) is 0 Å². The highest BCUT2D eigenvalue weighted by Gasteiger charge is 2.22. The number of ether oxygens (including phenoxy) is 2. The molecular weight excluding hydrogens is 358 g/mol. The van der Waals surface area contributed by atoms with Crippen molar-refractivity contribution in [2.24, 2.45) is 11.0 Å². The van der Waals surface area contributed by atoms with E-state index in [1.165, 1.54) is 24.2 Å². The van der Waals surface area contributed by atoms with Crippen LogP contribution in [0.2, 0.25) is 0 Å². The molecule has 1 fully saturated rings. The molecule has 1 aliphatic carbocycles. The van der Waals surface area contributed by atoms with E-state index in [0.717, 1.165) is 40.1 Å². The first kappa shape index (κ1) is 17.5. The van der Waals surface area contributed by atoms with Gasteiger partial charge in [0.1, 0.15) is 0 Å². The molecule has 0 amide bonds. The van der Waals surface area contributed by atoms with Crippen molar-refractivity contribution in [1.82, 2.24) is 4.98 Å². The topological polar surface area (TPSA) is 55.7 Å². The molecule has 1 aromatic heterocycles. The van der Waals surface area contributed by atoms with E-state index in [0.29, 0.717) is 5.92 Å². The van der Waals surface area contributed by atoms with Crippen LogP contribution in [0.1, 0.15) is 18.4 Å². The van der Waals surface area contributed by atoms with Crippen LogP contribution in [0.25, 0.3) is 11.3 Å². The van der Waals surface area contributed by atoms with E-state index in [2.05, 4.69) is 15.5 Å². The molecule has 0 spiro atoms.